The van der Waals surface area contributed by atoms with E-state index < -0.39 is 27.4 Å². The number of anilines is 1. The number of benzene rings is 1. The third-order valence-electron chi connectivity index (χ3n) is 6.07. The van der Waals surface area contributed by atoms with E-state index in [1.54, 1.807) is 18.3 Å². The fourth-order valence-electron chi connectivity index (χ4n) is 3.92. The van der Waals surface area contributed by atoms with Gasteiger partial charge in [0.2, 0.25) is 0 Å². The summed E-state index contributed by atoms with van der Waals surface area (Å²) in [6, 6.07) is 7.83. The molecule has 35 heavy (non-hydrogen) atoms. The van der Waals surface area contributed by atoms with Crippen LogP contribution >= 0.6 is 0 Å². The molecule has 2 aromatic rings. The van der Waals surface area contributed by atoms with E-state index in [2.05, 4.69) is 15.2 Å². The first kappa shape index (κ1) is 25.0. The van der Waals surface area contributed by atoms with Crippen molar-refractivity contribution in [3.8, 4) is 5.75 Å². The maximum atomic E-state index is 13.1. The van der Waals surface area contributed by atoms with Crippen molar-refractivity contribution in [1.82, 2.24) is 14.2 Å². The number of pyridine rings is 1. The zero-order valence-corrected chi connectivity index (χ0v) is 20.8. The summed E-state index contributed by atoms with van der Waals surface area (Å²) in [4.78, 5) is 19.3. The van der Waals surface area contributed by atoms with E-state index in [0.29, 0.717) is 32.1 Å². The van der Waals surface area contributed by atoms with E-state index in [-0.39, 0.29) is 22.2 Å². The largest absolute Gasteiger partial charge is 0.505 e. The van der Waals surface area contributed by atoms with Crippen molar-refractivity contribution in [2.45, 2.75) is 24.7 Å². The lowest BCUT2D eigenvalue weighted by Crippen LogP contribution is -2.38. The molecule has 11 heteroatoms. The van der Waals surface area contributed by atoms with Crippen molar-refractivity contribution < 1.29 is 27.8 Å². The van der Waals surface area contributed by atoms with Gasteiger partial charge in [-0.25, -0.2) is 13.4 Å². The molecule has 0 aliphatic carbocycles. The number of fused-ring (bicyclic) bond motifs is 1. The van der Waals surface area contributed by atoms with Crippen LogP contribution in [0.3, 0.4) is 0 Å². The summed E-state index contributed by atoms with van der Waals surface area (Å²) in [5, 5.41) is 13.5. The summed E-state index contributed by atoms with van der Waals surface area (Å²) < 4.78 is 38.1. The first-order valence-electron chi connectivity index (χ1n) is 11.4. The van der Waals surface area contributed by atoms with Gasteiger partial charge < -0.3 is 19.9 Å². The number of carbonyl (C=O) groups excluding carboxylic acids is 1. The molecule has 2 aliphatic heterocycles. The number of ether oxygens (including phenoxy) is 2. The van der Waals surface area contributed by atoms with Crippen LogP contribution in [0, 0.1) is 0 Å². The summed E-state index contributed by atoms with van der Waals surface area (Å²) >= 11 is 0. The molecular weight excluding hydrogens is 472 g/mol. The Bertz CT molecular complexity index is 1220. The number of carbonyl (C=O) groups is 1. The number of hydrogen-bond donors (Lipinski definition) is 2. The van der Waals surface area contributed by atoms with Crippen LogP contribution in [0.2, 0.25) is 0 Å². The first-order chi connectivity index (χ1) is 16.7. The number of aromatic nitrogens is 1. The Hall–Kier alpha value is -3.15. The van der Waals surface area contributed by atoms with Crippen LogP contribution in [-0.2, 0) is 19.6 Å². The number of aliphatic hydroxyl groups is 1. The molecule has 2 aliphatic rings. The SMILES string of the molecule is CC(C)c1ccc(NC(=O)C2=C(O)c3cc(OCCN4CCOCC4)ccc3S(=O)(=O)N2C)nc1. The summed E-state index contributed by atoms with van der Waals surface area (Å²) in [6.07, 6.45) is 1.64. The molecular formula is C24H30N4O6S. The maximum Gasteiger partial charge on any atom is 0.277 e. The molecule has 0 bridgehead atoms. The molecule has 0 unspecified atom stereocenters. The first-order valence-corrected chi connectivity index (χ1v) is 12.9. The minimum absolute atomic E-state index is 0.0141. The highest BCUT2D eigenvalue weighted by Gasteiger charge is 2.38. The van der Waals surface area contributed by atoms with E-state index in [1.807, 2.05) is 19.9 Å². The number of amides is 1. The molecule has 0 spiro atoms. The van der Waals surface area contributed by atoms with Gasteiger partial charge in [0.15, 0.2) is 11.5 Å². The van der Waals surface area contributed by atoms with Crippen LogP contribution in [0.4, 0.5) is 5.82 Å². The van der Waals surface area contributed by atoms with E-state index in [4.69, 9.17) is 9.47 Å². The van der Waals surface area contributed by atoms with E-state index in [1.165, 1.54) is 19.2 Å². The van der Waals surface area contributed by atoms with E-state index >= 15 is 0 Å². The van der Waals surface area contributed by atoms with E-state index in [0.717, 1.165) is 23.0 Å². The number of sulfonamides is 1. The normalized spacial score (nSPS) is 17.9. The Morgan fingerprint density at radius 2 is 1.97 bits per heavy atom. The van der Waals surface area contributed by atoms with Gasteiger partial charge in [-0.3, -0.25) is 14.0 Å². The van der Waals surface area contributed by atoms with Gasteiger partial charge in [-0.05, 0) is 35.7 Å². The van der Waals surface area contributed by atoms with E-state index in [9.17, 15) is 18.3 Å². The molecule has 1 aromatic heterocycles. The molecule has 188 valence electrons. The number of hydrogen-bond acceptors (Lipinski definition) is 8. The fourth-order valence-corrected chi connectivity index (χ4v) is 5.30. The number of morpholine rings is 1. The predicted molar refractivity (Wildman–Crippen MR) is 131 cm³/mol. The second-order valence-electron chi connectivity index (χ2n) is 8.72. The van der Waals surface area contributed by atoms with Crippen molar-refractivity contribution in [3.05, 3.63) is 53.4 Å². The van der Waals surface area contributed by atoms with Crippen molar-refractivity contribution in [1.29, 1.82) is 0 Å². The summed E-state index contributed by atoms with van der Waals surface area (Å²) in [7, 11) is -2.83. The highest BCUT2D eigenvalue weighted by Crippen LogP contribution is 2.37. The average molecular weight is 503 g/mol. The molecule has 3 heterocycles. The maximum absolute atomic E-state index is 13.1. The third-order valence-corrected chi connectivity index (χ3v) is 7.89. The molecule has 0 atom stereocenters. The number of aliphatic hydroxyl groups excluding tert-OH is 1. The van der Waals surface area contributed by atoms with Gasteiger partial charge in [0.05, 0.1) is 18.1 Å². The topological polar surface area (TPSA) is 121 Å². The zero-order valence-electron chi connectivity index (χ0n) is 20.0. The van der Waals surface area contributed by atoms with Gasteiger partial charge in [-0.2, -0.15) is 0 Å². The highest BCUT2D eigenvalue weighted by atomic mass is 32.2. The Labute approximate surface area is 205 Å². The lowest BCUT2D eigenvalue weighted by atomic mass is 10.1. The van der Waals surface area contributed by atoms with Crippen molar-refractivity contribution in [2.75, 3.05) is 51.8 Å². The molecule has 1 amide bonds. The fraction of sp³-hybridized carbons (Fsp3) is 0.417. The minimum atomic E-state index is -4.06. The van der Waals surface area contributed by atoms with Gasteiger partial charge in [0.1, 0.15) is 18.2 Å². The molecule has 10 nitrogen and oxygen atoms in total. The molecule has 1 saturated heterocycles. The van der Waals surface area contributed by atoms with Gasteiger partial charge in [-0.15, -0.1) is 0 Å². The Kier molecular flexibility index (Phi) is 7.29. The summed E-state index contributed by atoms with van der Waals surface area (Å²) in [5.41, 5.74) is 0.621. The second-order valence-corrected chi connectivity index (χ2v) is 10.7. The van der Waals surface area contributed by atoms with Crippen molar-refractivity contribution in [2.24, 2.45) is 0 Å². The summed E-state index contributed by atoms with van der Waals surface area (Å²) in [5.74, 6) is -0.323. The Morgan fingerprint density at radius 1 is 1.23 bits per heavy atom. The predicted octanol–water partition coefficient (Wildman–Crippen LogP) is 2.42. The van der Waals surface area contributed by atoms with Gasteiger partial charge in [0, 0.05) is 38.4 Å². The highest BCUT2D eigenvalue weighted by molar-refractivity contribution is 7.89. The number of nitrogens with zero attached hydrogens (tertiary/aromatic N) is 3. The summed E-state index contributed by atoms with van der Waals surface area (Å²) in [6.45, 7) is 8.16. The standard InChI is InChI=1S/C24H30N4O6S/c1-16(2)17-4-7-21(25-15-17)26-24(30)22-23(29)19-14-18(5-6-20(19)35(31,32)27(22)3)34-13-10-28-8-11-33-12-9-28/h4-7,14-16,29H,8-13H2,1-3H3,(H,25,26,30). The zero-order chi connectivity index (χ0) is 25.2. The molecule has 2 N–H and O–H groups in total. The van der Waals surface area contributed by atoms with Crippen LogP contribution in [0.15, 0.2) is 47.1 Å². The van der Waals surface area contributed by atoms with Crippen molar-refractivity contribution >= 4 is 27.5 Å². The van der Waals surface area contributed by atoms with Crippen molar-refractivity contribution in [3.63, 3.8) is 0 Å². The molecule has 1 aromatic carbocycles. The Morgan fingerprint density at radius 3 is 2.63 bits per heavy atom. The lowest BCUT2D eigenvalue weighted by Gasteiger charge is -2.29. The quantitative estimate of drug-likeness (QED) is 0.592. The third kappa shape index (κ3) is 5.26. The monoisotopic (exact) mass is 502 g/mol. The van der Waals surface area contributed by atoms with Gasteiger partial charge >= 0.3 is 0 Å². The second kappa shape index (κ2) is 10.2. The molecule has 0 radical (unpaired) electrons. The number of likely N-dealkylation sites (N-methyl/N-ethyl adjacent to an activating group) is 1. The minimum Gasteiger partial charge on any atom is -0.505 e. The molecule has 4 rings (SSSR count). The molecule has 0 saturated carbocycles. The number of nitrogens with one attached hydrogen (secondary N) is 1. The lowest BCUT2D eigenvalue weighted by molar-refractivity contribution is -0.113. The van der Waals surface area contributed by atoms with Crippen LogP contribution in [-0.4, -0.2) is 80.1 Å². The van der Waals surface area contributed by atoms with Gasteiger partial charge in [-0.1, -0.05) is 19.9 Å². The average Bonchev–Trinajstić information content (AvgIpc) is 2.84. The Balaban J connectivity index is 1.56. The van der Waals surface area contributed by atoms with Crippen LogP contribution in [0.1, 0.15) is 30.9 Å². The smallest absolute Gasteiger partial charge is 0.277 e. The van der Waals surface area contributed by atoms with Crippen LogP contribution in [0.25, 0.3) is 5.76 Å². The van der Waals surface area contributed by atoms with Gasteiger partial charge in [0.25, 0.3) is 15.9 Å². The van der Waals surface area contributed by atoms with Crippen LogP contribution < -0.4 is 10.1 Å². The number of rotatable bonds is 7. The van der Waals surface area contributed by atoms with Crippen LogP contribution in [0.5, 0.6) is 5.75 Å². The molecule has 1 fully saturated rings.